The van der Waals surface area contributed by atoms with Crippen LogP contribution >= 0.6 is 0 Å². The molecule has 5 nitrogen and oxygen atoms in total. The van der Waals surface area contributed by atoms with Gasteiger partial charge in [0, 0.05) is 19.4 Å². The molecule has 5 heteroatoms. The number of ketones is 1. The molecule has 14 heavy (non-hydrogen) atoms. The number of amides is 2. The van der Waals surface area contributed by atoms with Crippen molar-refractivity contribution in [2.45, 2.75) is 26.7 Å². The maximum Gasteiger partial charge on any atom is 0.237 e. The van der Waals surface area contributed by atoms with Gasteiger partial charge < -0.3 is 15.4 Å². The van der Waals surface area contributed by atoms with Crippen LogP contribution in [0.3, 0.4) is 0 Å². The molecular formula is C9H16N2O3. The van der Waals surface area contributed by atoms with Crippen LogP contribution in [0.4, 0.5) is 0 Å². The number of nitrogens with two attached hydrogens (primary N) is 1. The molecule has 0 unspecified atom stereocenters. The van der Waals surface area contributed by atoms with Gasteiger partial charge in [0.15, 0.2) is 0 Å². The van der Waals surface area contributed by atoms with E-state index in [1.165, 1.54) is 11.8 Å². The third kappa shape index (κ3) is 5.29. The summed E-state index contributed by atoms with van der Waals surface area (Å²) in [6, 6.07) is 0. The van der Waals surface area contributed by atoms with Gasteiger partial charge in [0.05, 0.1) is 6.54 Å². The third-order valence-electron chi connectivity index (χ3n) is 1.77. The number of nitrogens with zero attached hydrogens (tertiary/aromatic N) is 1. The predicted octanol–water partition coefficient (Wildman–Crippen LogP) is -0.311. The van der Waals surface area contributed by atoms with Crippen molar-refractivity contribution < 1.29 is 14.4 Å². The summed E-state index contributed by atoms with van der Waals surface area (Å²) in [6.45, 7) is 3.54. The lowest BCUT2D eigenvalue weighted by Crippen LogP contribution is -2.38. The Labute approximate surface area is 83.2 Å². The fourth-order valence-corrected chi connectivity index (χ4v) is 1.01. The molecule has 0 atom stereocenters. The highest BCUT2D eigenvalue weighted by Crippen LogP contribution is 1.98. The van der Waals surface area contributed by atoms with E-state index < -0.39 is 5.91 Å². The van der Waals surface area contributed by atoms with Crippen LogP contribution in [-0.4, -0.2) is 35.6 Å². The van der Waals surface area contributed by atoms with Crippen molar-refractivity contribution in [1.29, 1.82) is 0 Å². The Balaban J connectivity index is 4.04. The molecule has 0 rings (SSSR count). The topological polar surface area (TPSA) is 80.5 Å². The summed E-state index contributed by atoms with van der Waals surface area (Å²) in [5, 5.41) is 0. The van der Waals surface area contributed by atoms with E-state index in [0.29, 0.717) is 6.54 Å². The molecule has 0 saturated heterocycles. The monoisotopic (exact) mass is 200 g/mol. The first-order valence-electron chi connectivity index (χ1n) is 4.52. The maximum atomic E-state index is 11.4. The molecule has 0 fully saturated rings. The summed E-state index contributed by atoms with van der Waals surface area (Å²) < 4.78 is 0. The molecule has 0 aromatic carbocycles. The van der Waals surface area contributed by atoms with Gasteiger partial charge in [-0.2, -0.15) is 0 Å². The minimum Gasteiger partial charge on any atom is -0.368 e. The average molecular weight is 200 g/mol. The normalized spacial score (nSPS) is 9.57. The van der Waals surface area contributed by atoms with Gasteiger partial charge >= 0.3 is 0 Å². The molecule has 0 heterocycles. The minimum atomic E-state index is -0.539. The first-order valence-corrected chi connectivity index (χ1v) is 4.52. The van der Waals surface area contributed by atoms with Crippen LogP contribution in [-0.2, 0) is 14.4 Å². The smallest absolute Gasteiger partial charge is 0.237 e. The number of primary amides is 1. The molecule has 0 bridgehead atoms. The second-order valence-corrected chi connectivity index (χ2v) is 3.08. The number of likely N-dealkylation sites (N-methyl/N-ethyl adjacent to an activating group) is 1. The zero-order valence-corrected chi connectivity index (χ0v) is 8.58. The lowest BCUT2D eigenvalue weighted by Gasteiger charge is -2.18. The standard InChI is InChI=1S/C9H16N2O3/c1-3-11(6-8(10)13)9(14)5-4-7(2)12/h3-6H2,1-2H3,(H2,10,13). The molecule has 0 aromatic heterocycles. The molecule has 0 aliphatic rings. The average Bonchev–Trinajstić information content (AvgIpc) is 2.09. The Morgan fingerprint density at radius 2 is 1.79 bits per heavy atom. The molecule has 0 spiro atoms. The predicted molar refractivity (Wildman–Crippen MR) is 51.4 cm³/mol. The van der Waals surface area contributed by atoms with E-state index in [4.69, 9.17) is 5.73 Å². The van der Waals surface area contributed by atoms with Gasteiger partial charge in [-0.15, -0.1) is 0 Å². The highest BCUT2D eigenvalue weighted by Gasteiger charge is 2.13. The van der Waals surface area contributed by atoms with Gasteiger partial charge in [0.25, 0.3) is 0 Å². The first-order chi connectivity index (χ1) is 6.47. The molecule has 0 radical (unpaired) electrons. The lowest BCUT2D eigenvalue weighted by molar-refractivity contribution is -0.135. The second kappa shape index (κ2) is 6.12. The second-order valence-electron chi connectivity index (χ2n) is 3.08. The lowest BCUT2D eigenvalue weighted by atomic mass is 10.2. The maximum absolute atomic E-state index is 11.4. The summed E-state index contributed by atoms with van der Waals surface area (Å²) >= 11 is 0. The van der Waals surface area contributed by atoms with Crippen molar-refractivity contribution in [2.75, 3.05) is 13.1 Å². The highest BCUT2D eigenvalue weighted by molar-refractivity contribution is 5.86. The van der Waals surface area contributed by atoms with E-state index in [1.54, 1.807) is 6.92 Å². The number of Topliss-reactive ketones (excluding diaryl/α,β-unsaturated/α-hetero) is 1. The molecule has 2 amide bonds. The number of hydrogen-bond donors (Lipinski definition) is 1. The number of carbonyl (C=O) groups excluding carboxylic acids is 3. The van der Waals surface area contributed by atoms with Crippen molar-refractivity contribution >= 4 is 17.6 Å². The Hall–Kier alpha value is -1.39. The van der Waals surface area contributed by atoms with E-state index in [2.05, 4.69) is 0 Å². The molecule has 0 saturated carbocycles. The fourth-order valence-electron chi connectivity index (χ4n) is 1.01. The highest BCUT2D eigenvalue weighted by atomic mass is 16.2. The first kappa shape index (κ1) is 12.6. The van der Waals surface area contributed by atoms with Crippen LogP contribution in [0.5, 0.6) is 0 Å². The summed E-state index contributed by atoms with van der Waals surface area (Å²) in [7, 11) is 0. The molecule has 0 aliphatic carbocycles. The van der Waals surface area contributed by atoms with Crippen molar-refractivity contribution in [3.05, 3.63) is 0 Å². The van der Waals surface area contributed by atoms with Crippen LogP contribution in [0, 0.1) is 0 Å². The number of hydrogen-bond acceptors (Lipinski definition) is 3. The Bertz CT molecular complexity index is 238. The molecular weight excluding hydrogens is 184 g/mol. The molecule has 2 N–H and O–H groups in total. The van der Waals surface area contributed by atoms with E-state index in [0.717, 1.165) is 0 Å². The summed E-state index contributed by atoms with van der Waals surface area (Å²) in [6.07, 6.45) is 0.366. The van der Waals surface area contributed by atoms with Gasteiger partial charge in [-0.25, -0.2) is 0 Å². The summed E-state index contributed by atoms with van der Waals surface area (Å²) in [5.41, 5.74) is 4.96. The Morgan fingerprint density at radius 1 is 1.21 bits per heavy atom. The Kier molecular flexibility index (Phi) is 5.52. The van der Waals surface area contributed by atoms with E-state index in [9.17, 15) is 14.4 Å². The molecule has 0 aromatic rings. The van der Waals surface area contributed by atoms with Gasteiger partial charge in [-0.05, 0) is 13.8 Å². The molecule has 80 valence electrons. The van der Waals surface area contributed by atoms with E-state index in [1.807, 2.05) is 0 Å². The zero-order chi connectivity index (χ0) is 11.1. The number of carbonyl (C=O) groups is 3. The Morgan fingerprint density at radius 3 is 2.14 bits per heavy atom. The summed E-state index contributed by atoms with van der Waals surface area (Å²) in [4.78, 5) is 33.9. The van der Waals surface area contributed by atoms with E-state index >= 15 is 0 Å². The van der Waals surface area contributed by atoms with Crippen molar-refractivity contribution in [1.82, 2.24) is 4.90 Å². The summed E-state index contributed by atoms with van der Waals surface area (Å²) in [5.74, 6) is -0.780. The minimum absolute atomic E-state index is 0.0338. The quantitative estimate of drug-likeness (QED) is 0.638. The largest absolute Gasteiger partial charge is 0.368 e. The van der Waals surface area contributed by atoms with Gasteiger partial charge in [-0.3, -0.25) is 9.59 Å². The van der Waals surface area contributed by atoms with Gasteiger partial charge in [-0.1, -0.05) is 0 Å². The van der Waals surface area contributed by atoms with E-state index in [-0.39, 0.29) is 31.1 Å². The van der Waals surface area contributed by atoms with Crippen molar-refractivity contribution in [3.8, 4) is 0 Å². The van der Waals surface area contributed by atoms with Gasteiger partial charge in [0.2, 0.25) is 11.8 Å². The van der Waals surface area contributed by atoms with Gasteiger partial charge in [0.1, 0.15) is 5.78 Å². The van der Waals surface area contributed by atoms with Crippen molar-refractivity contribution in [2.24, 2.45) is 5.73 Å². The van der Waals surface area contributed by atoms with Crippen molar-refractivity contribution in [3.63, 3.8) is 0 Å². The number of rotatable bonds is 6. The van der Waals surface area contributed by atoms with Crippen LogP contribution in [0.1, 0.15) is 26.7 Å². The zero-order valence-electron chi connectivity index (χ0n) is 8.58. The SMILES string of the molecule is CCN(CC(N)=O)C(=O)CCC(C)=O. The molecule has 0 aliphatic heterocycles. The fraction of sp³-hybridized carbons (Fsp3) is 0.667. The van der Waals surface area contributed by atoms with Crippen LogP contribution < -0.4 is 5.73 Å². The van der Waals surface area contributed by atoms with Crippen LogP contribution in [0.2, 0.25) is 0 Å². The van der Waals surface area contributed by atoms with Crippen LogP contribution in [0.25, 0.3) is 0 Å². The van der Waals surface area contributed by atoms with Crippen LogP contribution in [0.15, 0.2) is 0 Å². The third-order valence-corrected chi connectivity index (χ3v) is 1.77.